The molecule has 0 radical (unpaired) electrons. The van der Waals surface area contributed by atoms with Gasteiger partial charge in [0.2, 0.25) is 5.43 Å². The number of ether oxygens (including phenoxy) is 3. The van der Waals surface area contributed by atoms with Crippen LogP contribution < -0.4 is 19.6 Å². The van der Waals surface area contributed by atoms with E-state index in [0.29, 0.717) is 18.9 Å². The first-order valence-electron chi connectivity index (χ1n) is 10.9. The fourth-order valence-corrected chi connectivity index (χ4v) is 3.68. The summed E-state index contributed by atoms with van der Waals surface area (Å²) >= 11 is 0. The van der Waals surface area contributed by atoms with Crippen LogP contribution in [0.2, 0.25) is 0 Å². The van der Waals surface area contributed by atoms with Gasteiger partial charge in [0.05, 0.1) is 19.3 Å². The van der Waals surface area contributed by atoms with Crippen LogP contribution in [0.3, 0.4) is 0 Å². The lowest BCUT2D eigenvalue weighted by atomic mass is 10.0. The van der Waals surface area contributed by atoms with Gasteiger partial charge in [0.15, 0.2) is 5.75 Å². The molecule has 1 heterocycles. The van der Waals surface area contributed by atoms with Gasteiger partial charge in [-0.3, -0.25) is 4.79 Å². The molecule has 0 aliphatic heterocycles. The monoisotopic (exact) mass is 441 g/mol. The number of aromatic nitrogens is 1. The lowest BCUT2D eigenvalue weighted by Crippen LogP contribution is -2.20. The van der Waals surface area contributed by atoms with Gasteiger partial charge >= 0.3 is 0 Å². The topological polar surface area (TPSA) is 49.7 Å². The third-order valence-corrected chi connectivity index (χ3v) is 5.49. The quantitative estimate of drug-likeness (QED) is 0.348. The van der Waals surface area contributed by atoms with Crippen molar-refractivity contribution in [1.82, 2.24) is 4.57 Å². The van der Waals surface area contributed by atoms with E-state index >= 15 is 0 Å². The highest BCUT2D eigenvalue weighted by Crippen LogP contribution is 2.28. The van der Waals surface area contributed by atoms with Gasteiger partial charge in [-0.15, -0.1) is 0 Å². The van der Waals surface area contributed by atoms with E-state index < -0.39 is 0 Å². The number of hydrogen-bond donors (Lipinski definition) is 0. The average molecular weight is 442 g/mol. The zero-order valence-corrected chi connectivity index (χ0v) is 18.8. The molecular weight excluding hydrogens is 414 g/mol. The smallest absolute Gasteiger partial charge is 0.223 e. The summed E-state index contributed by atoms with van der Waals surface area (Å²) in [5, 5.41) is 0. The SMILES string of the molecule is COc1ccc(OCCn2ccc(=O)c(OC(c3ccccc3)c3ccccc3)c2C)cc1. The first-order chi connectivity index (χ1) is 16.2. The van der Waals surface area contributed by atoms with E-state index in [2.05, 4.69) is 0 Å². The minimum Gasteiger partial charge on any atom is -0.497 e. The summed E-state index contributed by atoms with van der Waals surface area (Å²) in [5.74, 6) is 1.89. The molecule has 5 nitrogen and oxygen atoms in total. The zero-order valence-electron chi connectivity index (χ0n) is 18.8. The summed E-state index contributed by atoms with van der Waals surface area (Å²) in [4.78, 5) is 12.8. The van der Waals surface area contributed by atoms with E-state index in [4.69, 9.17) is 14.2 Å². The highest BCUT2D eigenvalue weighted by Gasteiger charge is 2.19. The van der Waals surface area contributed by atoms with Crippen LogP contribution in [0.4, 0.5) is 0 Å². The largest absolute Gasteiger partial charge is 0.497 e. The molecule has 0 amide bonds. The maximum atomic E-state index is 12.8. The van der Waals surface area contributed by atoms with Crippen LogP contribution in [0.5, 0.6) is 17.2 Å². The fourth-order valence-electron chi connectivity index (χ4n) is 3.68. The third kappa shape index (κ3) is 5.44. The van der Waals surface area contributed by atoms with E-state index in [1.54, 1.807) is 19.4 Å². The molecule has 4 rings (SSSR count). The van der Waals surface area contributed by atoms with Crippen molar-refractivity contribution in [2.45, 2.75) is 19.6 Å². The zero-order chi connectivity index (χ0) is 23.0. The van der Waals surface area contributed by atoms with E-state index in [0.717, 1.165) is 28.3 Å². The number of benzene rings is 3. The van der Waals surface area contributed by atoms with Gasteiger partial charge in [0.25, 0.3) is 0 Å². The van der Waals surface area contributed by atoms with Crippen LogP contribution in [-0.4, -0.2) is 18.3 Å². The Bertz CT molecular complexity index is 1180. The van der Waals surface area contributed by atoms with Crippen molar-refractivity contribution in [3.05, 3.63) is 124 Å². The molecule has 0 unspecified atom stereocenters. The second-order valence-corrected chi connectivity index (χ2v) is 7.63. The minimum atomic E-state index is -0.384. The molecule has 0 aliphatic rings. The van der Waals surface area contributed by atoms with Crippen LogP contribution in [0.15, 0.2) is 102 Å². The Kier molecular flexibility index (Phi) is 7.10. The fraction of sp³-hybridized carbons (Fsp3) is 0.179. The van der Waals surface area contributed by atoms with Crippen molar-refractivity contribution in [3.8, 4) is 17.2 Å². The molecule has 168 valence electrons. The molecule has 3 aromatic carbocycles. The van der Waals surface area contributed by atoms with E-state index in [-0.39, 0.29) is 11.5 Å². The molecule has 0 saturated carbocycles. The van der Waals surface area contributed by atoms with E-state index in [1.165, 1.54) is 0 Å². The second kappa shape index (κ2) is 10.6. The van der Waals surface area contributed by atoms with Crippen molar-refractivity contribution in [3.63, 3.8) is 0 Å². The Morgan fingerprint density at radius 2 is 1.36 bits per heavy atom. The summed E-state index contributed by atoms with van der Waals surface area (Å²) in [6.07, 6.45) is 1.40. The van der Waals surface area contributed by atoms with Crippen molar-refractivity contribution < 1.29 is 14.2 Å². The molecule has 5 heteroatoms. The van der Waals surface area contributed by atoms with Crippen molar-refractivity contribution >= 4 is 0 Å². The number of nitrogens with zero attached hydrogens (tertiary/aromatic N) is 1. The standard InChI is InChI=1S/C28H27NO4/c1-21-27(33-28(22-9-5-3-6-10-22)23-11-7-4-8-12-23)26(30)17-18-29(21)19-20-32-25-15-13-24(31-2)14-16-25/h3-18,28H,19-20H2,1-2H3. The molecule has 0 N–H and O–H groups in total. The lowest BCUT2D eigenvalue weighted by molar-refractivity contribution is 0.238. The van der Waals surface area contributed by atoms with Crippen molar-refractivity contribution in [2.24, 2.45) is 0 Å². The van der Waals surface area contributed by atoms with Gasteiger partial charge in [-0.2, -0.15) is 0 Å². The Balaban J connectivity index is 1.54. The molecule has 1 aromatic heterocycles. The van der Waals surface area contributed by atoms with Gasteiger partial charge in [-0.1, -0.05) is 60.7 Å². The molecule has 0 spiro atoms. The molecule has 0 bridgehead atoms. The minimum absolute atomic E-state index is 0.142. The second-order valence-electron chi connectivity index (χ2n) is 7.63. The molecule has 0 fully saturated rings. The predicted molar refractivity (Wildman–Crippen MR) is 129 cm³/mol. The molecule has 0 saturated heterocycles. The van der Waals surface area contributed by atoms with Crippen LogP contribution in [-0.2, 0) is 6.54 Å². The predicted octanol–water partition coefficient (Wildman–Crippen LogP) is 5.41. The van der Waals surface area contributed by atoms with E-state index in [1.807, 2.05) is 96.4 Å². The summed E-state index contributed by atoms with van der Waals surface area (Å²) in [6, 6.07) is 28.9. The van der Waals surface area contributed by atoms with Crippen molar-refractivity contribution in [2.75, 3.05) is 13.7 Å². The third-order valence-electron chi connectivity index (χ3n) is 5.49. The Morgan fingerprint density at radius 1 is 0.788 bits per heavy atom. The number of pyridine rings is 1. The molecule has 0 atom stereocenters. The number of methoxy groups -OCH3 is 1. The van der Waals surface area contributed by atoms with Gasteiger partial charge in [0.1, 0.15) is 24.2 Å². The van der Waals surface area contributed by atoms with Gasteiger partial charge in [0, 0.05) is 12.3 Å². The highest BCUT2D eigenvalue weighted by molar-refractivity contribution is 5.35. The Labute approximate surface area is 193 Å². The van der Waals surface area contributed by atoms with Crippen molar-refractivity contribution in [1.29, 1.82) is 0 Å². The maximum Gasteiger partial charge on any atom is 0.223 e. The Morgan fingerprint density at radius 3 is 1.94 bits per heavy atom. The van der Waals surface area contributed by atoms with Crippen LogP contribution >= 0.6 is 0 Å². The number of rotatable bonds is 9. The van der Waals surface area contributed by atoms with E-state index in [9.17, 15) is 4.79 Å². The lowest BCUT2D eigenvalue weighted by Gasteiger charge is -2.22. The maximum absolute atomic E-state index is 12.8. The van der Waals surface area contributed by atoms with Crippen LogP contribution in [0.1, 0.15) is 22.9 Å². The molecule has 4 aromatic rings. The number of hydrogen-bond acceptors (Lipinski definition) is 4. The van der Waals surface area contributed by atoms with Crippen LogP contribution in [0.25, 0.3) is 0 Å². The molecule has 0 aliphatic carbocycles. The summed E-state index contributed by atoms with van der Waals surface area (Å²) in [5.41, 5.74) is 2.59. The first kappa shape index (κ1) is 22.2. The van der Waals surface area contributed by atoms with Gasteiger partial charge in [-0.25, -0.2) is 0 Å². The highest BCUT2D eigenvalue weighted by atomic mass is 16.5. The summed E-state index contributed by atoms with van der Waals surface area (Å²) in [6.45, 7) is 2.93. The first-order valence-corrected chi connectivity index (χ1v) is 10.9. The molecular formula is C28H27NO4. The summed E-state index contributed by atoms with van der Waals surface area (Å²) in [7, 11) is 1.63. The van der Waals surface area contributed by atoms with Gasteiger partial charge in [-0.05, 0) is 42.3 Å². The normalized spacial score (nSPS) is 10.8. The van der Waals surface area contributed by atoms with Gasteiger partial charge < -0.3 is 18.8 Å². The summed E-state index contributed by atoms with van der Waals surface area (Å²) < 4.78 is 19.4. The van der Waals surface area contributed by atoms with Crippen LogP contribution in [0, 0.1) is 6.92 Å². The Hall–Kier alpha value is -3.99. The average Bonchev–Trinajstić information content (AvgIpc) is 2.87. The molecule has 33 heavy (non-hydrogen) atoms.